The number of methoxy groups -OCH3 is 1. The van der Waals surface area contributed by atoms with Crippen LogP contribution in [-0.2, 0) is 4.79 Å². The minimum atomic E-state index is -0.123. The van der Waals surface area contributed by atoms with Gasteiger partial charge in [0.15, 0.2) is 5.82 Å². The number of amides is 2. The summed E-state index contributed by atoms with van der Waals surface area (Å²) in [6.07, 6.45) is 0.821. The molecule has 1 aliphatic rings. The Bertz CT molecular complexity index is 1150. The highest BCUT2D eigenvalue weighted by atomic mass is 16.5. The van der Waals surface area contributed by atoms with Crippen LogP contribution in [-0.4, -0.2) is 77.7 Å². The number of ether oxygens (including phenoxy) is 1. The topological polar surface area (TPSA) is 78.9 Å². The van der Waals surface area contributed by atoms with E-state index in [4.69, 9.17) is 4.74 Å². The summed E-state index contributed by atoms with van der Waals surface area (Å²) in [5.41, 5.74) is 2.37. The third-order valence-electron chi connectivity index (χ3n) is 6.42. The number of benzene rings is 2. The molecule has 8 heteroatoms. The van der Waals surface area contributed by atoms with Crippen molar-refractivity contribution in [1.29, 1.82) is 0 Å². The van der Waals surface area contributed by atoms with E-state index in [1.165, 1.54) is 0 Å². The fraction of sp³-hybridized carbons (Fsp3) is 0.357. The number of hydrogen-bond donors (Lipinski definition) is 0. The van der Waals surface area contributed by atoms with Crippen LogP contribution in [0.4, 0.5) is 5.82 Å². The number of carbonyl (C=O) groups is 2. The molecule has 2 aromatic carbocycles. The van der Waals surface area contributed by atoms with Crippen LogP contribution < -0.4 is 9.64 Å². The largest absolute Gasteiger partial charge is 0.497 e. The summed E-state index contributed by atoms with van der Waals surface area (Å²) in [5.74, 6) is 1.44. The summed E-state index contributed by atoms with van der Waals surface area (Å²) in [7, 11) is 1.64. The molecule has 0 N–H and O–H groups in total. The third-order valence-corrected chi connectivity index (χ3v) is 6.42. The number of hydrogen-bond acceptors (Lipinski definition) is 6. The van der Waals surface area contributed by atoms with Gasteiger partial charge in [0.1, 0.15) is 12.3 Å². The SMILES string of the molecule is COc1ccc(-c2ccc(N3CCCN(C(=O)CN(C(=O)c4ccccc4)C(C)C)CC3)nn2)cc1. The third kappa shape index (κ3) is 6.00. The van der Waals surface area contributed by atoms with Gasteiger partial charge in [-0.1, -0.05) is 18.2 Å². The van der Waals surface area contributed by atoms with Gasteiger partial charge in [-0.25, -0.2) is 0 Å². The van der Waals surface area contributed by atoms with Gasteiger partial charge in [0, 0.05) is 43.3 Å². The lowest BCUT2D eigenvalue weighted by molar-refractivity contribution is -0.132. The molecule has 0 spiro atoms. The van der Waals surface area contributed by atoms with Crippen LogP contribution in [0.25, 0.3) is 11.3 Å². The van der Waals surface area contributed by atoms with Crippen molar-refractivity contribution in [2.75, 3.05) is 44.7 Å². The lowest BCUT2D eigenvalue weighted by Gasteiger charge is -2.29. The fourth-order valence-electron chi connectivity index (χ4n) is 4.29. The van der Waals surface area contributed by atoms with Gasteiger partial charge in [0.25, 0.3) is 5.91 Å². The zero-order valence-corrected chi connectivity index (χ0v) is 21.1. The van der Waals surface area contributed by atoms with E-state index in [0.29, 0.717) is 25.2 Å². The molecule has 0 atom stereocenters. The van der Waals surface area contributed by atoms with E-state index in [1.54, 1.807) is 24.1 Å². The van der Waals surface area contributed by atoms with Crippen molar-refractivity contribution < 1.29 is 14.3 Å². The molecule has 8 nitrogen and oxygen atoms in total. The second-order valence-corrected chi connectivity index (χ2v) is 9.12. The number of nitrogens with zero attached hydrogens (tertiary/aromatic N) is 5. The lowest BCUT2D eigenvalue weighted by Crippen LogP contribution is -2.46. The highest BCUT2D eigenvalue weighted by molar-refractivity contribution is 5.96. The van der Waals surface area contributed by atoms with Gasteiger partial charge in [0.2, 0.25) is 5.91 Å². The highest BCUT2D eigenvalue weighted by Gasteiger charge is 2.26. The van der Waals surface area contributed by atoms with Crippen LogP contribution >= 0.6 is 0 Å². The maximum absolute atomic E-state index is 13.2. The number of aromatic nitrogens is 2. The fourth-order valence-corrected chi connectivity index (χ4v) is 4.29. The lowest BCUT2D eigenvalue weighted by atomic mass is 10.1. The molecule has 0 radical (unpaired) electrons. The van der Waals surface area contributed by atoms with E-state index in [0.717, 1.165) is 35.8 Å². The average Bonchev–Trinajstić information content (AvgIpc) is 3.18. The molecular weight excluding hydrogens is 454 g/mol. The predicted octanol–water partition coefficient (Wildman–Crippen LogP) is 3.74. The van der Waals surface area contributed by atoms with Crippen LogP contribution in [0.1, 0.15) is 30.6 Å². The average molecular weight is 488 g/mol. The molecule has 1 aromatic heterocycles. The van der Waals surface area contributed by atoms with Crippen molar-refractivity contribution >= 4 is 17.6 Å². The van der Waals surface area contributed by atoms with Gasteiger partial charge in [-0.3, -0.25) is 9.59 Å². The second kappa shape index (κ2) is 11.7. The quantitative estimate of drug-likeness (QED) is 0.505. The molecule has 0 aliphatic carbocycles. The van der Waals surface area contributed by atoms with Gasteiger partial charge >= 0.3 is 0 Å². The highest BCUT2D eigenvalue weighted by Crippen LogP contribution is 2.22. The molecule has 1 aliphatic heterocycles. The molecule has 0 bridgehead atoms. The minimum absolute atomic E-state index is 0.0317. The summed E-state index contributed by atoms with van der Waals surface area (Å²) in [5, 5.41) is 8.86. The Kier molecular flexibility index (Phi) is 8.15. The molecule has 0 unspecified atom stereocenters. The first-order chi connectivity index (χ1) is 17.5. The van der Waals surface area contributed by atoms with Crippen molar-refractivity contribution in [1.82, 2.24) is 20.0 Å². The van der Waals surface area contributed by atoms with E-state index < -0.39 is 0 Å². The van der Waals surface area contributed by atoms with Crippen molar-refractivity contribution in [3.8, 4) is 17.0 Å². The molecule has 3 aromatic rings. The van der Waals surface area contributed by atoms with Gasteiger partial charge < -0.3 is 19.4 Å². The first-order valence-corrected chi connectivity index (χ1v) is 12.3. The first kappa shape index (κ1) is 25.2. The zero-order chi connectivity index (χ0) is 25.5. The Morgan fingerprint density at radius 1 is 0.917 bits per heavy atom. The Balaban J connectivity index is 1.37. The van der Waals surface area contributed by atoms with Crippen LogP contribution in [0.15, 0.2) is 66.7 Å². The normalized spacial score (nSPS) is 13.9. The summed E-state index contributed by atoms with van der Waals surface area (Å²) < 4.78 is 5.22. The summed E-state index contributed by atoms with van der Waals surface area (Å²) in [6.45, 7) is 6.62. The van der Waals surface area contributed by atoms with Crippen molar-refractivity contribution in [2.45, 2.75) is 26.3 Å². The summed E-state index contributed by atoms with van der Waals surface area (Å²) >= 11 is 0. The second-order valence-electron chi connectivity index (χ2n) is 9.12. The van der Waals surface area contributed by atoms with Crippen LogP contribution in [0.2, 0.25) is 0 Å². The molecule has 36 heavy (non-hydrogen) atoms. The Labute approximate surface area is 212 Å². The standard InChI is InChI=1S/C28H33N5O3/c1-21(2)33(28(35)23-8-5-4-6-9-23)20-27(34)32-17-7-16-31(18-19-32)26-15-14-25(29-30-26)22-10-12-24(36-3)13-11-22/h4-6,8-15,21H,7,16-20H2,1-3H3. The monoisotopic (exact) mass is 487 g/mol. The smallest absolute Gasteiger partial charge is 0.254 e. The molecule has 188 valence electrons. The predicted molar refractivity (Wildman–Crippen MR) is 140 cm³/mol. The van der Waals surface area contributed by atoms with Gasteiger partial charge in [0.05, 0.1) is 12.8 Å². The maximum Gasteiger partial charge on any atom is 0.254 e. The number of anilines is 1. The molecular formula is C28H33N5O3. The van der Waals surface area contributed by atoms with E-state index >= 15 is 0 Å². The molecule has 2 heterocycles. The molecule has 1 fully saturated rings. The van der Waals surface area contributed by atoms with E-state index in [1.807, 2.05) is 73.3 Å². The number of carbonyl (C=O) groups excluding carboxylic acids is 2. The van der Waals surface area contributed by atoms with Crippen LogP contribution in [0, 0.1) is 0 Å². The molecule has 0 saturated carbocycles. The zero-order valence-electron chi connectivity index (χ0n) is 21.1. The van der Waals surface area contributed by atoms with Gasteiger partial charge in [-0.15, -0.1) is 10.2 Å². The number of rotatable bonds is 7. The summed E-state index contributed by atoms with van der Waals surface area (Å²) in [4.78, 5) is 31.8. The minimum Gasteiger partial charge on any atom is -0.497 e. The van der Waals surface area contributed by atoms with Crippen molar-refractivity contribution in [3.05, 3.63) is 72.3 Å². The van der Waals surface area contributed by atoms with Gasteiger partial charge in [-0.2, -0.15) is 0 Å². The Morgan fingerprint density at radius 2 is 1.67 bits per heavy atom. The van der Waals surface area contributed by atoms with E-state index in [2.05, 4.69) is 15.1 Å². The maximum atomic E-state index is 13.2. The van der Waals surface area contributed by atoms with Crippen LogP contribution in [0.5, 0.6) is 5.75 Å². The van der Waals surface area contributed by atoms with E-state index in [-0.39, 0.29) is 24.4 Å². The molecule has 1 saturated heterocycles. The van der Waals surface area contributed by atoms with Crippen molar-refractivity contribution in [3.63, 3.8) is 0 Å². The van der Waals surface area contributed by atoms with Crippen LogP contribution in [0.3, 0.4) is 0 Å². The molecule has 4 rings (SSSR count). The van der Waals surface area contributed by atoms with E-state index in [9.17, 15) is 9.59 Å². The first-order valence-electron chi connectivity index (χ1n) is 12.3. The summed E-state index contributed by atoms with van der Waals surface area (Å²) in [6, 6.07) is 20.7. The Hall–Kier alpha value is -3.94. The Morgan fingerprint density at radius 3 is 2.31 bits per heavy atom. The van der Waals surface area contributed by atoms with Crippen molar-refractivity contribution in [2.24, 2.45) is 0 Å². The van der Waals surface area contributed by atoms with Gasteiger partial charge in [-0.05, 0) is 68.8 Å². The molecule has 2 amide bonds.